The van der Waals surface area contributed by atoms with Crippen LogP contribution >= 0.6 is 11.6 Å². The van der Waals surface area contributed by atoms with E-state index >= 15 is 0 Å². The van der Waals surface area contributed by atoms with Crippen molar-refractivity contribution in [2.24, 2.45) is 5.92 Å². The summed E-state index contributed by atoms with van der Waals surface area (Å²) in [4.78, 5) is 32.6. The minimum Gasteiger partial charge on any atom is -0.374 e. The molecule has 2 amide bonds. The Morgan fingerprint density at radius 3 is 2.56 bits per heavy atom. The molecule has 34 heavy (non-hydrogen) atoms. The van der Waals surface area contributed by atoms with Crippen molar-refractivity contribution in [1.29, 1.82) is 0 Å². The first-order valence-corrected chi connectivity index (χ1v) is 12.1. The number of carbonyl (C=O) groups excluding carboxylic acids is 2. The van der Waals surface area contributed by atoms with Crippen LogP contribution in [0.1, 0.15) is 24.8 Å². The van der Waals surface area contributed by atoms with Gasteiger partial charge in [0.25, 0.3) is 0 Å². The zero-order valence-electron chi connectivity index (χ0n) is 19.2. The highest BCUT2D eigenvalue weighted by molar-refractivity contribution is 6.31. The molecule has 0 aromatic heterocycles. The van der Waals surface area contributed by atoms with Crippen molar-refractivity contribution in [3.05, 3.63) is 28.8 Å². The molecule has 3 atom stereocenters. The fourth-order valence-electron chi connectivity index (χ4n) is 5.12. The van der Waals surface area contributed by atoms with Crippen LogP contribution in [0.2, 0.25) is 5.02 Å². The maximum absolute atomic E-state index is 13.4. The van der Waals surface area contributed by atoms with E-state index in [4.69, 9.17) is 11.6 Å². The molecule has 3 saturated heterocycles. The third-order valence-electron chi connectivity index (χ3n) is 7.02. The summed E-state index contributed by atoms with van der Waals surface area (Å²) >= 11 is 5.91. The fourth-order valence-corrected chi connectivity index (χ4v) is 5.35. The third-order valence-corrected chi connectivity index (χ3v) is 7.24. The summed E-state index contributed by atoms with van der Waals surface area (Å²) in [7, 11) is 2.03. The SMILES string of the molecule is CN1CCN(C(=O)[C@H]2CCNC[C@@H]2N2CCCC(Nc3cc(Cl)cc(C(F)(F)F)c3)C2=O)CC1. The van der Waals surface area contributed by atoms with Crippen LogP contribution in [0, 0.1) is 5.92 Å². The summed E-state index contributed by atoms with van der Waals surface area (Å²) in [5, 5.41) is 6.23. The first-order valence-electron chi connectivity index (χ1n) is 11.8. The molecule has 0 spiro atoms. The average molecular weight is 502 g/mol. The van der Waals surface area contributed by atoms with Gasteiger partial charge in [-0.05, 0) is 51.1 Å². The number of anilines is 1. The van der Waals surface area contributed by atoms with Gasteiger partial charge in [0.2, 0.25) is 11.8 Å². The minimum atomic E-state index is -4.53. The fraction of sp³-hybridized carbons (Fsp3) is 0.652. The van der Waals surface area contributed by atoms with E-state index < -0.39 is 17.8 Å². The van der Waals surface area contributed by atoms with Crippen molar-refractivity contribution in [3.8, 4) is 0 Å². The smallest absolute Gasteiger partial charge is 0.374 e. The van der Waals surface area contributed by atoms with Crippen molar-refractivity contribution < 1.29 is 22.8 Å². The molecule has 0 bridgehead atoms. The van der Waals surface area contributed by atoms with Crippen LogP contribution in [-0.4, -0.2) is 91.5 Å². The first kappa shape index (κ1) is 25.1. The van der Waals surface area contributed by atoms with Crippen LogP contribution in [0.3, 0.4) is 0 Å². The van der Waals surface area contributed by atoms with Crippen molar-refractivity contribution in [3.63, 3.8) is 0 Å². The van der Waals surface area contributed by atoms with Gasteiger partial charge >= 0.3 is 6.18 Å². The largest absolute Gasteiger partial charge is 0.416 e. The Bertz CT molecular complexity index is 907. The number of likely N-dealkylation sites (N-methyl/N-ethyl adjacent to an activating group) is 1. The second-order valence-corrected chi connectivity index (χ2v) is 9.83. The van der Waals surface area contributed by atoms with Gasteiger partial charge in [-0.3, -0.25) is 9.59 Å². The van der Waals surface area contributed by atoms with E-state index in [9.17, 15) is 22.8 Å². The Balaban J connectivity index is 1.48. The molecule has 1 unspecified atom stereocenters. The molecule has 0 saturated carbocycles. The average Bonchev–Trinajstić information content (AvgIpc) is 2.80. The van der Waals surface area contributed by atoms with Crippen LogP contribution in [0.4, 0.5) is 18.9 Å². The van der Waals surface area contributed by atoms with Crippen molar-refractivity contribution >= 4 is 29.1 Å². The third kappa shape index (κ3) is 5.60. The number of amides is 2. The number of piperidine rings is 2. The number of hydrogen-bond donors (Lipinski definition) is 2. The van der Waals surface area contributed by atoms with Gasteiger partial charge in [-0.15, -0.1) is 0 Å². The molecule has 3 aliphatic heterocycles. The topological polar surface area (TPSA) is 67.9 Å². The van der Waals surface area contributed by atoms with Crippen LogP contribution in [0.15, 0.2) is 18.2 Å². The van der Waals surface area contributed by atoms with Crippen LogP contribution < -0.4 is 10.6 Å². The number of carbonyl (C=O) groups is 2. The number of piperazine rings is 1. The predicted molar refractivity (Wildman–Crippen MR) is 124 cm³/mol. The number of halogens is 4. The van der Waals surface area contributed by atoms with Gasteiger partial charge in [0.05, 0.1) is 17.5 Å². The van der Waals surface area contributed by atoms with Gasteiger partial charge in [-0.2, -0.15) is 13.2 Å². The van der Waals surface area contributed by atoms with Gasteiger partial charge in [0.1, 0.15) is 6.04 Å². The lowest BCUT2D eigenvalue weighted by molar-refractivity contribution is -0.146. The number of likely N-dealkylation sites (tertiary alicyclic amines) is 1. The van der Waals surface area contributed by atoms with E-state index in [1.165, 1.54) is 6.07 Å². The Morgan fingerprint density at radius 1 is 1.12 bits per heavy atom. The molecule has 11 heteroatoms. The zero-order valence-corrected chi connectivity index (χ0v) is 20.0. The molecule has 3 heterocycles. The standard InChI is InChI=1S/C23H31ClF3N5O2/c1-30-7-9-31(10-8-30)21(33)18-4-5-28-14-20(18)32-6-2-3-19(22(32)34)29-17-12-15(23(25,26)27)11-16(24)13-17/h11-13,18-20,28-29H,2-10,14H2,1H3/t18-,19?,20-/m0/s1. The summed E-state index contributed by atoms with van der Waals surface area (Å²) in [5.41, 5.74) is -0.705. The molecular formula is C23H31ClF3N5O2. The van der Waals surface area contributed by atoms with E-state index in [1.807, 2.05) is 11.9 Å². The summed E-state index contributed by atoms with van der Waals surface area (Å²) in [6.45, 7) is 4.79. The molecule has 3 aliphatic rings. The number of benzene rings is 1. The van der Waals surface area contributed by atoms with Gasteiger partial charge < -0.3 is 25.3 Å². The molecule has 7 nitrogen and oxygen atoms in total. The zero-order chi connectivity index (χ0) is 24.5. The normalized spacial score (nSPS) is 27.1. The quantitative estimate of drug-likeness (QED) is 0.663. The number of rotatable bonds is 4. The van der Waals surface area contributed by atoms with Gasteiger partial charge in [-0.25, -0.2) is 0 Å². The first-order chi connectivity index (χ1) is 16.1. The number of hydrogen-bond acceptors (Lipinski definition) is 5. The lowest BCUT2D eigenvalue weighted by Gasteiger charge is -2.45. The summed E-state index contributed by atoms with van der Waals surface area (Å²) in [6, 6.07) is 2.28. The lowest BCUT2D eigenvalue weighted by atomic mass is 9.87. The highest BCUT2D eigenvalue weighted by atomic mass is 35.5. The molecule has 0 radical (unpaired) electrons. The number of nitrogens with zero attached hydrogens (tertiary/aromatic N) is 3. The molecule has 2 N–H and O–H groups in total. The maximum atomic E-state index is 13.4. The van der Waals surface area contributed by atoms with Crippen molar-refractivity contribution in [2.75, 3.05) is 58.2 Å². The van der Waals surface area contributed by atoms with E-state index in [0.717, 1.165) is 25.2 Å². The minimum absolute atomic E-state index is 0.0493. The lowest BCUT2D eigenvalue weighted by Crippen LogP contribution is -2.62. The van der Waals surface area contributed by atoms with Crippen molar-refractivity contribution in [1.82, 2.24) is 20.0 Å². The molecule has 3 fully saturated rings. The van der Waals surface area contributed by atoms with E-state index in [-0.39, 0.29) is 34.5 Å². The maximum Gasteiger partial charge on any atom is 0.416 e. The summed E-state index contributed by atoms with van der Waals surface area (Å²) < 4.78 is 39.6. The van der Waals surface area contributed by atoms with Gasteiger partial charge in [-0.1, -0.05) is 11.6 Å². The number of alkyl halides is 3. The van der Waals surface area contributed by atoms with Crippen LogP contribution in [0.5, 0.6) is 0 Å². The Kier molecular flexibility index (Phi) is 7.59. The van der Waals surface area contributed by atoms with E-state index in [1.54, 1.807) is 4.90 Å². The van der Waals surface area contributed by atoms with Crippen LogP contribution in [0.25, 0.3) is 0 Å². The van der Waals surface area contributed by atoms with Crippen LogP contribution in [-0.2, 0) is 15.8 Å². The summed E-state index contributed by atoms with van der Waals surface area (Å²) in [6.07, 6.45) is -2.68. The second-order valence-electron chi connectivity index (χ2n) is 9.39. The summed E-state index contributed by atoms with van der Waals surface area (Å²) in [5.74, 6) is -0.382. The highest BCUT2D eigenvalue weighted by Crippen LogP contribution is 2.34. The Hall–Kier alpha value is -2.04. The van der Waals surface area contributed by atoms with Crippen molar-refractivity contribution in [2.45, 2.75) is 37.5 Å². The second kappa shape index (κ2) is 10.3. The molecular weight excluding hydrogens is 471 g/mol. The van der Waals surface area contributed by atoms with E-state index in [0.29, 0.717) is 52.0 Å². The molecule has 4 rings (SSSR count). The molecule has 1 aromatic rings. The van der Waals surface area contributed by atoms with E-state index in [2.05, 4.69) is 15.5 Å². The monoisotopic (exact) mass is 501 g/mol. The molecule has 188 valence electrons. The molecule has 1 aromatic carbocycles. The van der Waals surface area contributed by atoms with Gasteiger partial charge in [0.15, 0.2) is 0 Å². The highest BCUT2D eigenvalue weighted by Gasteiger charge is 2.42. The Labute approximate surface area is 202 Å². The number of nitrogens with one attached hydrogen (secondary N) is 2. The Morgan fingerprint density at radius 2 is 1.85 bits per heavy atom. The molecule has 0 aliphatic carbocycles. The van der Waals surface area contributed by atoms with Gasteiger partial charge in [0, 0.05) is 50.0 Å². The predicted octanol–water partition coefficient (Wildman–Crippen LogP) is 2.51.